The van der Waals surface area contributed by atoms with E-state index in [0.29, 0.717) is 11.1 Å². The molecular weight excluding hydrogens is 440 g/mol. The van der Waals surface area contributed by atoms with Crippen molar-refractivity contribution in [1.29, 1.82) is 0 Å². The van der Waals surface area contributed by atoms with Gasteiger partial charge in [0.15, 0.2) is 0 Å². The number of fused-ring (bicyclic) bond motifs is 2. The smallest absolute Gasteiger partial charge is 0.270 e. The molecule has 2 heterocycles. The lowest BCUT2D eigenvalue weighted by atomic mass is 9.99. The summed E-state index contributed by atoms with van der Waals surface area (Å²) in [5.74, 6) is -0.528. The van der Waals surface area contributed by atoms with Gasteiger partial charge in [-0.3, -0.25) is 9.59 Å². The van der Waals surface area contributed by atoms with E-state index in [9.17, 15) is 14.7 Å². The predicted molar refractivity (Wildman–Crippen MR) is 135 cm³/mol. The van der Waals surface area contributed by atoms with Gasteiger partial charge in [0.2, 0.25) is 0 Å². The normalized spacial score (nSPS) is 13.3. The largest absolute Gasteiger partial charge is 0.506 e. The van der Waals surface area contributed by atoms with Crippen molar-refractivity contribution in [2.75, 3.05) is 18.9 Å². The molecule has 0 atom stereocenters. The standard InChI is InChI=1S/C28H26N4O3/c1-32-13-12-19-8-10-23(15-22(19)17-32)30-27(34)21-6-2-4-18(14-21)16-29-28(35)24-11-9-20-5-3-7-25(33)26(20)31-24/h2-11,14-15,33H,12-13,16-17H2,1H3,(H,29,35)(H,30,34). The van der Waals surface area contributed by atoms with Crippen LogP contribution in [0.1, 0.15) is 37.5 Å². The van der Waals surface area contributed by atoms with E-state index >= 15 is 0 Å². The molecule has 1 aliphatic rings. The molecule has 0 spiro atoms. The van der Waals surface area contributed by atoms with E-state index in [2.05, 4.69) is 33.6 Å². The summed E-state index contributed by atoms with van der Waals surface area (Å²) in [7, 11) is 2.10. The van der Waals surface area contributed by atoms with E-state index in [4.69, 9.17) is 0 Å². The zero-order valence-corrected chi connectivity index (χ0v) is 19.4. The number of anilines is 1. The van der Waals surface area contributed by atoms with Crippen LogP contribution in [0.2, 0.25) is 0 Å². The van der Waals surface area contributed by atoms with Crippen molar-refractivity contribution >= 4 is 28.4 Å². The summed E-state index contributed by atoms with van der Waals surface area (Å²) in [6.07, 6.45) is 1.02. The number of rotatable bonds is 5. The molecule has 1 aromatic heterocycles. The molecule has 5 rings (SSSR count). The topological polar surface area (TPSA) is 94.6 Å². The molecule has 35 heavy (non-hydrogen) atoms. The first-order valence-electron chi connectivity index (χ1n) is 11.5. The van der Waals surface area contributed by atoms with E-state index in [1.54, 1.807) is 36.4 Å². The number of aromatic nitrogens is 1. The number of carbonyl (C=O) groups is 2. The van der Waals surface area contributed by atoms with Crippen LogP contribution in [0, 0.1) is 0 Å². The number of phenolic OH excluding ortho intramolecular Hbond substituents is 1. The number of pyridine rings is 1. The number of carbonyl (C=O) groups excluding carboxylic acids is 2. The predicted octanol–water partition coefficient (Wildman–Crippen LogP) is 4.11. The van der Waals surface area contributed by atoms with Crippen LogP contribution in [0.15, 0.2) is 72.8 Å². The lowest BCUT2D eigenvalue weighted by molar-refractivity contribution is 0.0946. The van der Waals surface area contributed by atoms with Crippen molar-refractivity contribution in [3.05, 3.63) is 101 Å². The van der Waals surface area contributed by atoms with Gasteiger partial charge in [-0.1, -0.05) is 36.4 Å². The van der Waals surface area contributed by atoms with Crippen LogP contribution in [0.4, 0.5) is 5.69 Å². The van der Waals surface area contributed by atoms with Crippen LogP contribution in [-0.4, -0.2) is 40.4 Å². The number of likely N-dealkylation sites (N-methyl/N-ethyl adjacent to an activating group) is 1. The second-order valence-electron chi connectivity index (χ2n) is 8.85. The average molecular weight is 467 g/mol. The van der Waals surface area contributed by atoms with Gasteiger partial charge in [-0.15, -0.1) is 0 Å². The Morgan fingerprint density at radius 1 is 0.971 bits per heavy atom. The van der Waals surface area contributed by atoms with E-state index in [1.165, 1.54) is 17.2 Å². The monoisotopic (exact) mass is 466 g/mol. The summed E-state index contributed by atoms with van der Waals surface area (Å²) in [5.41, 5.74) is 5.24. The molecule has 3 N–H and O–H groups in total. The molecule has 0 saturated heterocycles. The second kappa shape index (κ2) is 9.56. The third-order valence-electron chi connectivity index (χ3n) is 6.24. The van der Waals surface area contributed by atoms with Gasteiger partial charge in [-0.25, -0.2) is 4.98 Å². The van der Waals surface area contributed by atoms with Crippen molar-refractivity contribution < 1.29 is 14.7 Å². The second-order valence-corrected chi connectivity index (χ2v) is 8.85. The molecule has 4 aromatic rings. The molecule has 0 fully saturated rings. The van der Waals surface area contributed by atoms with Crippen molar-refractivity contribution in [3.8, 4) is 5.75 Å². The van der Waals surface area contributed by atoms with E-state index < -0.39 is 0 Å². The first kappa shape index (κ1) is 22.6. The van der Waals surface area contributed by atoms with Crippen LogP contribution >= 0.6 is 0 Å². The minimum atomic E-state index is -0.357. The number of amides is 2. The van der Waals surface area contributed by atoms with Crippen molar-refractivity contribution in [2.45, 2.75) is 19.5 Å². The van der Waals surface area contributed by atoms with Gasteiger partial charge < -0.3 is 20.6 Å². The number of phenols is 1. The lowest BCUT2D eigenvalue weighted by Gasteiger charge is -2.25. The molecule has 0 aliphatic carbocycles. The van der Waals surface area contributed by atoms with E-state index in [0.717, 1.165) is 36.1 Å². The van der Waals surface area contributed by atoms with Crippen molar-refractivity contribution in [2.24, 2.45) is 0 Å². The van der Waals surface area contributed by atoms with E-state index in [-0.39, 0.29) is 29.8 Å². The number of hydrogen-bond acceptors (Lipinski definition) is 5. The quantitative estimate of drug-likeness (QED) is 0.412. The molecule has 0 bridgehead atoms. The van der Waals surface area contributed by atoms with Crippen molar-refractivity contribution in [3.63, 3.8) is 0 Å². The van der Waals surface area contributed by atoms with Crippen LogP contribution in [0.25, 0.3) is 10.9 Å². The van der Waals surface area contributed by atoms with Gasteiger partial charge in [-0.05, 0) is 66.6 Å². The third-order valence-corrected chi connectivity index (χ3v) is 6.24. The number of nitrogens with zero attached hydrogens (tertiary/aromatic N) is 2. The molecule has 176 valence electrons. The molecule has 0 saturated carbocycles. The summed E-state index contributed by atoms with van der Waals surface area (Å²) >= 11 is 0. The highest BCUT2D eigenvalue weighted by atomic mass is 16.3. The zero-order chi connectivity index (χ0) is 24.4. The SMILES string of the molecule is CN1CCc2ccc(NC(=O)c3cccc(CNC(=O)c4ccc5cccc(O)c5n4)c3)cc2C1. The zero-order valence-electron chi connectivity index (χ0n) is 19.4. The first-order chi connectivity index (χ1) is 17.0. The highest BCUT2D eigenvalue weighted by Crippen LogP contribution is 2.23. The minimum absolute atomic E-state index is 0.0295. The van der Waals surface area contributed by atoms with Gasteiger partial charge in [0.05, 0.1) is 0 Å². The Morgan fingerprint density at radius 3 is 2.71 bits per heavy atom. The number of para-hydroxylation sites is 1. The lowest BCUT2D eigenvalue weighted by Crippen LogP contribution is -2.26. The summed E-state index contributed by atoms with van der Waals surface area (Å²) in [5, 5.41) is 16.6. The van der Waals surface area contributed by atoms with Gasteiger partial charge in [0, 0.05) is 36.3 Å². The van der Waals surface area contributed by atoms with Crippen LogP contribution < -0.4 is 10.6 Å². The Hall–Kier alpha value is -4.23. The Kier molecular flexibility index (Phi) is 6.16. The van der Waals surface area contributed by atoms with Gasteiger partial charge in [-0.2, -0.15) is 0 Å². The molecule has 2 amide bonds. The maximum atomic E-state index is 12.9. The highest BCUT2D eigenvalue weighted by molar-refractivity contribution is 6.04. The minimum Gasteiger partial charge on any atom is -0.506 e. The van der Waals surface area contributed by atoms with Gasteiger partial charge in [0.1, 0.15) is 17.0 Å². The van der Waals surface area contributed by atoms with Gasteiger partial charge >= 0.3 is 0 Å². The Bertz CT molecular complexity index is 1430. The summed E-state index contributed by atoms with van der Waals surface area (Å²) < 4.78 is 0. The van der Waals surface area contributed by atoms with E-state index in [1.807, 2.05) is 24.3 Å². The molecule has 0 unspecified atom stereocenters. The number of benzene rings is 3. The molecule has 7 heteroatoms. The van der Waals surface area contributed by atoms with Crippen LogP contribution in [-0.2, 0) is 19.5 Å². The summed E-state index contributed by atoms with van der Waals surface area (Å²) in [6.45, 7) is 2.16. The fourth-order valence-electron chi connectivity index (χ4n) is 4.33. The average Bonchev–Trinajstić information content (AvgIpc) is 2.87. The number of nitrogens with one attached hydrogen (secondary N) is 2. The molecular formula is C28H26N4O3. The van der Waals surface area contributed by atoms with Crippen LogP contribution in [0.5, 0.6) is 5.75 Å². The maximum Gasteiger partial charge on any atom is 0.270 e. The molecule has 3 aromatic carbocycles. The summed E-state index contributed by atoms with van der Waals surface area (Å²) in [6, 6.07) is 21.7. The van der Waals surface area contributed by atoms with Crippen molar-refractivity contribution in [1.82, 2.24) is 15.2 Å². The fraction of sp³-hybridized carbons (Fsp3) is 0.179. The highest BCUT2D eigenvalue weighted by Gasteiger charge is 2.15. The Labute approximate surface area is 203 Å². The first-order valence-corrected chi connectivity index (χ1v) is 11.5. The summed E-state index contributed by atoms with van der Waals surface area (Å²) in [4.78, 5) is 32.1. The molecule has 7 nitrogen and oxygen atoms in total. The Morgan fingerprint density at radius 2 is 1.83 bits per heavy atom. The van der Waals surface area contributed by atoms with Crippen LogP contribution in [0.3, 0.4) is 0 Å². The Balaban J connectivity index is 1.24. The molecule has 0 radical (unpaired) electrons. The van der Waals surface area contributed by atoms with Gasteiger partial charge in [0.25, 0.3) is 11.8 Å². The maximum absolute atomic E-state index is 12.9. The fourth-order valence-corrected chi connectivity index (χ4v) is 4.33. The number of hydrogen-bond donors (Lipinski definition) is 3. The number of aromatic hydroxyl groups is 1. The third kappa shape index (κ3) is 5.00. The molecule has 1 aliphatic heterocycles.